The third-order valence-electron chi connectivity index (χ3n) is 2.70. The molecule has 9 heteroatoms. The third kappa shape index (κ3) is 3.09. The van der Waals surface area contributed by atoms with Gasteiger partial charge in [0.15, 0.2) is 0 Å². The Morgan fingerprint density at radius 2 is 2.14 bits per heavy atom. The smallest absolute Gasteiger partial charge is 0.304 e. The highest BCUT2D eigenvalue weighted by molar-refractivity contribution is 5.91. The molecule has 2 rings (SSSR count). The van der Waals surface area contributed by atoms with Crippen LogP contribution in [0.15, 0.2) is 41.3 Å². The van der Waals surface area contributed by atoms with Crippen molar-refractivity contribution < 1.29 is 9.72 Å². The first-order valence-electron chi connectivity index (χ1n) is 5.83. The van der Waals surface area contributed by atoms with Crippen molar-refractivity contribution in [2.45, 2.75) is 6.54 Å². The van der Waals surface area contributed by atoms with Crippen molar-refractivity contribution in [3.8, 4) is 0 Å². The summed E-state index contributed by atoms with van der Waals surface area (Å²) in [4.78, 5) is 37.3. The van der Waals surface area contributed by atoms with Gasteiger partial charge in [0.2, 0.25) is 0 Å². The van der Waals surface area contributed by atoms with E-state index < -0.39 is 22.1 Å². The Bertz CT molecular complexity index is 755. The summed E-state index contributed by atoms with van der Waals surface area (Å²) in [5.74, 6) is 4.45. The highest BCUT2D eigenvalue weighted by atomic mass is 16.6. The number of nitrogens with two attached hydrogens (primary N) is 1. The Balaban J connectivity index is 2.35. The zero-order valence-electron chi connectivity index (χ0n) is 10.7. The molecule has 0 aliphatic carbocycles. The van der Waals surface area contributed by atoms with Crippen LogP contribution in [0.3, 0.4) is 0 Å². The molecule has 9 nitrogen and oxygen atoms in total. The fourth-order valence-electron chi connectivity index (χ4n) is 1.73. The van der Waals surface area contributed by atoms with Gasteiger partial charge in [0.25, 0.3) is 5.91 Å². The van der Waals surface area contributed by atoms with Gasteiger partial charge >= 0.3 is 11.2 Å². The Hall–Kier alpha value is -3.07. The maximum Gasteiger partial charge on any atom is 0.334 e. The van der Waals surface area contributed by atoms with Crippen molar-refractivity contribution in [1.82, 2.24) is 15.0 Å². The second kappa shape index (κ2) is 5.92. The number of nitrogen functional groups attached to an aromatic ring is 1. The summed E-state index contributed by atoms with van der Waals surface area (Å²) >= 11 is 0. The van der Waals surface area contributed by atoms with Gasteiger partial charge in [-0.2, -0.15) is 0 Å². The number of amides is 1. The molecule has 0 aromatic carbocycles. The number of aromatic nitrogens is 2. The zero-order valence-corrected chi connectivity index (χ0v) is 10.7. The number of hydrazine groups is 1. The molecule has 2 aromatic rings. The molecule has 0 bridgehead atoms. The summed E-state index contributed by atoms with van der Waals surface area (Å²) in [6.45, 7) is 0.00616. The van der Waals surface area contributed by atoms with Crippen LogP contribution in [-0.2, 0) is 6.54 Å². The van der Waals surface area contributed by atoms with E-state index in [9.17, 15) is 19.7 Å². The SMILES string of the molecule is NNC(=O)c1cccc(Cn2cccc([N+](=O)[O-])c2=O)n1. The molecule has 0 aliphatic rings. The van der Waals surface area contributed by atoms with Gasteiger partial charge in [0.05, 0.1) is 17.2 Å². The molecular formula is C12H11N5O4. The Morgan fingerprint density at radius 1 is 1.38 bits per heavy atom. The maximum absolute atomic E-state index is 11.9. The molecule has 0 saturated carbocycles. The largest absolute Gasteiger partial charge is 0.334 e. The molecule has 108 valence electrons. The fraction of sp³-hybridized carbons (Fsp3) is 0.0833. The first-order chi connectivity index (χ1) is 10.0. The van der Waals surface area contributed by atoms with Gasteiger partial charge in [0, 0.05) is 12.3 Å². The lowest BCUT2D eigenvalue weighted by molar-refractivity contribution is -0.386. The normalized spacial score (nSPS) is 10.1. The minimum absolute atomic E-state index is 0.00616. The highest BCUT2D eigenvalue weighted by Gasteiger charge is 2.14. The number of nitrogens with zero attached hydrogens (tertiary/aromatic N) is 3. The molecule has 2 aromatic heterocycles. The van der Waals surface area contributed by atoms with Gasteiger partial charge in [0.1, 0.15) is 5.69 Å². The van der Waals surface area contributed by atoms with E-state index in [4.69, 9.17) is 5.84 Å². The maximum atomic E-state index is 11.9. The van der Waals surface area contributed by atoms with Crippen LogP contribution in [0.4, 0.5) is 5.69 Å². The average molecular weight is 289 g/mol. The predicted octanol–water partition coefficient (Wildman–Crippen LogP) is -0.197. The van der Waals surface area contributed by atoms with E-state index in [2.05, 4.69) is 4.98 Å². The molecule has 3 N–H and O–H groups in total. The van der Waals surface area contributed by atoms with Crippen molar-refractivity contribution in [3.63, 3.8) is 0 Å². The number of hydrogen-bond acceptors (Lipinski definition) is 6. The van der Waals surface area contributed by atoms with Crippen LogP contribution in [0.2, 0.25) is 0 Å². The number of rotatable bonds is 4. The van der Waals surface area contributed by atoms with Crippen LogP contribution in [0.1, 0.15) is 16.2 Å². The quantitative estimate of drug-likeness (QED) is 0.346. The summed E-state index contributed by atoms with van der Waals surface area (Å²) in [7, 11) is 0. The van der Waals surface area contributed by atoms with Crippen LogP contribution in [0, 0.1) is 10.1 Å². The molecule has 0 radical (unpaired) electrons. The second-order valence-corrected chi connectivity index (χ2v) is 4.07. The van der Waals surface area contributed by atoms with Crippen LogP contribution in [0.25, 0.3) is 0 Å². The number of hydrogen-bond donors (Lipinski definition) is 2. The average Bonchev–Trinajstić information content (AvgIpc) is 2.48. The summed E-state index contributed by atoms with van der Waals surface area (Å²) < 4.78 is 1.14. The number of pyridine rings is 2. The molecular weight excluding hydrogens is 278 g/mol. The molecule has 2 heterocycles. The number of carbonyl (C=O) groups excluding carboxylic acids is 1. The second-order valence-electron chi connectivity index (χ2n) is 4.07. The Morgan fingerprint density at radius 3 is 2.81 bits per heavy atom. The van der Waals surface area contributed by atoms with Crippen molar-refractivity contribution >= 4 is 11.6 Å². The lowest BCUT2D eigenvalue weighted by Crippen LogP contribution is -2.31. The number of carbonyl (C=O) groups is 1. The fourth-order valence-corrected chi connectivity index (χ4v) is 1.73. The van der Waals surface area contributed by atoms with Crippen LogP contribution < -0.4 is 16.8 Å². The van der Waals surface area contributed by atoms with Gasteiger partial charge in [-0.3, -0.25) is 25.1 Å². The summed E-state index contributed by atoms with van der Waals surface area (Å²) in [6.07, 6.45) is 1.41. The first kappa shape index (κ1) is 14.3. The van der Waals surface area contributed by atoms with Crippen LogP contribution in [0.5, 0.6) is 0 Å². The lowest BCUT2D eigenvalue weighted by atomic mass is 10.3. The molecule has 0 saturated heterocycles. The predicted molar refractivity (Wildman–Crippen MR) is 72.3 cm³/mol. The van der Waals surface area contributed by atoms with E-state index in [0.29, 0.717) is 5.69 Å². The summed E-state index contributed by atoms with van der Waals surface area (Å²) in [5, 5.41) is 10.7. The Kier molecular flexibility index (Phi) is 4.05. The number of nitrogens with one attached hydrogen (secondary N) is 1. The van der Waals surface area contributed by atoms with E-state index >= 15 is 0 Å². The van der Waals surface area contributed by atoms with Crippen molar-refractivity contribution in [2.75, 3.05) is 0 Å². The van der Waals surface area contributed by atoms with Gasteiger partial charge in [-0.15, -0.1) is 0 Å². The minimum atomic E-state index is -0.745. The molecule has 1 amide bonds. The van der Waals surface area contributed by atoms with Crippen LogP contribution in [-0.4, -0.2) is 20.4 Å². The van der Waals surface area contributed by atoms with E-state index in [1.54, 1.807) is 12.1 Å². The molecule has 0 unspecified atom stereocenters. The minimum Gasteiger partial charge on any atom is -0.304 e. The highest BCUT2D eigenvalue weighted by Crippen LogP contribution is 2.05. The monoisotopic (exact) mass is 289 g/mol. The van der Waals surface area contributed by atoms with Crippen molar-refractivity contribution in [3.05, 3.63) is 68.4 Å². The van der Waals surface area contributed by atoms with Crippen molar-refractivity contribution in [2.24, 2.45) is 5.84 Å². The van der Waals surface area contributed by atoms with Crippen LogP contribution >= 0.6 is 0 Å². The van der Waals surface area contributed by atoms with E-state index in [0.717, 1.165) is 10.6 Å². The summed E-state index contributed by atoms with van der Waals surface area (Å²) in [6, 6.07) is 7.16. The van der Waals surface area contributed by atoms with E-state index in [1.807, 2.05) is 5.43 Å². The first-order valence-corrected chi connectivity index (χ1v) is 5.83. The molecule has 21 heavy (non-hydrogen) atoms. The van der Waals surface area contributed by atoms with E-state index in [-0.39, 0.29) is 12.2 Å². The van der Waals surface area contributed by atoms with Crippen molar-refractivity contribution in [1.29, 1.82) is 0 Å². The van der Waals surface area contributed by atoms with Gasteiger partial charge in [-0.1, -0.05) is 6.07 Å². The molecule has 0 atom stereocenters. The van der Waals surface area contributed by atoms with Gasteiger partial charge in [-0.05, 0) is 18.2 Å². The summed E-state index contributed by atoms with van der Waals surface area (Å²) in [5.41, 5.74) is 1.18. The standard InChI is InChI=1S/C12H11N5O4/c13-15-11(18)9-4-1-3-8(14-9)7-16-6-2-5-10(12(16)19)17(20)21/h1-6H,7,13H2,(H,15,18). The van der Waals surface area contributed by atoms with E-state index in [1.165, 1.54) is 18.3 Å². The molecule has 0 fully saturated rings. The van der Waals surface area contributed by atoms with Gasteiger partial charge < -0.3 is 4.57 Å². The topological polar surface area (TPSA) is 133 Å². The third-order valence-corrected chi connectivity index (χ3v) is 2.70. The van der Waals surface area contributed by atoms with Gasteiger partial charge in [-0.25, -0.2) is 10.8 Å². The molecule has 0 spiro atoms. The lowest BCUT2D eigenvalue weighted by Gasteiger charge is -2.06. The zero-order chi connectivity index (χ0) is 15.4. The molecule has 0 aliphatic heterocycles. The Labute approximate surface area is 118 Å². The number of nitro groups is 1.